The average Bonchev–Trinajstić information content (AvgIpc) is 2.49. The van der Waals surface area contributed by atoms with Gasteiger partial charge in [0, 0.05) is 13.1 Å². The summed E-state index contributed by atoms with van der Waals surface area (Å²) >= 11 is 0. The summed E-state index contributed by atoms with van der Waals surface area (Å²) in [6, 6.07) is 3.63. The summed E-state index contributed by atoms with van der Waals surface area (Å²) in [6.45, 7) is 7.65. The van der Waals surface area contributed by atoms with Crippen molar-refractivity contribution in [2.45, 2.75) is 13.8 Å². The summed E-state index contributed by atoms with van der Waals surface area (Å²) in [5, 5.41) is 9.38. The normalized spacial score (nSPS) is 14.8. The Kier molecular flexibility index (Phi) is 5.02. The van der Waals surface area contributed by atoms with Crippen molar-refractivity contribution in [2.24, 2.45) is 0 Å². The Morgan fingerprint density at radius 2 is 1.75 bits per heavy atom. The van der Waals surface area contributed by atoms with E-state index in [4.69, 9.17) is 14.2 Å². The lowest BCUT2D eigenvalue weighted by Crippen LogP contribution is -2.36. The zero-order valence-electron chi connectivity index (χ0n) is 12.0. The van der Waals surface area contributed by atoms with Crippen LogP contribution in [0, 0.1) is 5.39 Å². The zero-order valence-corrected chi connectivity index (χ0v) is 12.0. The molecule has 1 saturated heterocycles. The Bertz CT molecular complexity index is 493. The Hall–Kier alpha value is -2.00. The fraction of sp³-hybridized carbons (Fsp3) is 0.571. The van der Waals surface area contributed by atoms with Crippen LogP contribution in [0.15, 0.2) is 12.1 Å². The van der Waals surface area contributed by atoms with Crippen LogP contribution in [-0.4, -0.2) is 39.5 Å². The molecule has 0 unspecified atom stereocenters. The van der Waals surface area contributed by atoms with E-state index in [0.717, 1.165) is 18.8 Å². The van der Waals surface area contributed by atoms with Gasteiger partial charge in [-0.1, -0.05) is 0 Å². The van der Waals surface area contributed by atoms with E-state index in [1.807, 2.05) is 19.9 Å². The van der Waals surface area contributed by atoms with Gasteiger partial charge in [-0.25, -0.2) is 0 Å². The van der Waals surface area contributed by atoms with Gasteiger partial charge in [0.25, 0.3) is 0 Å². The van der Waals surface area contributed by atoms with Crippen LogP contribution in [0.1, 0.15) is 13.8 Å². The monoisotopic (exact) mass is 278 g/mol. The van der Waals surface area contributed by atoms with Crippen LogP contribution in [-0.2, 0) is 4.74 Å². The second-order valence-corrected chi connectivity index (χ2v) is 4.32. The van der Waals surface area contributed by atoms with E-state index < -0.39 is 0 Å². The minimum atomic E-state index is 0.416. The summed E-state index contributed by atoms with van der Waals surface area (Å²) in [6.07, 6.45) is 0. The molecule has 1 aromatic rings. The number of hydrogen-bond donors (Lipinski definition) is 0. The topological polar surface area (TPSA) is 59.1 Å². The Labute approximate surface area is 118 Å². The van der Waals surface area contributed by atoms with Crippen LogP contribution < -0.4 is 14.4 Å². The number of morpholine rings is 1. The van der Waals surface area contributed by atoms with Crippen molar-refractivity contribution in [3.05, 3.63) is 17.1 Å². The van der Waals surface area contributed by atoms with Gasteiger partial charge in [0.1, 0.15) is 0 Å². The second kappa shape index (κ2) is 6.96. The lowest BCUT2D eigenvalue weighted by Gasteiger charge is -2.28. The molecule has 0 amide bonds. The van der Waals surface area contributed by atoms with Crippen molar-refractivity contribution in [2.75, 3.05) is 44.4 Å². The van der Waals surface area contributed by atoms with Gasteiger partial charge >= 0.3 is 5.69 Å². The molecule has 0 atom stereocenters. The molecule has 1 heterocycles. The first-order valence-electron chi connectivity index (χ1n) is 6.92. The van der Waals surface area contributed by atoms with Crippen LogP contribution in [0.3, 0.4) is 0 Å². The third-order valence-electron chi connectivity index (χ3n) is 3.10. The SMILES string of the molecule is CCOc1ccc(OCC)c(N2CCOCC2)c1[N+]#N. The predicted molar refractivity (Wildman–Crippen MR) is 76.6 cm³/mol. The molecule has 0 N–H and O–H groups in total. The summed E-state index contributed by atoms with van der Waals surface area (Å²) in [4.78, 5) is 5.52. The van der Waals surface area contributed by atoms with Gasteiger partial charge < -0.3 is 19.1 Å². The van der Waals surface area contributed by atoms with Crippen molar-refractivity contribution in [3.8, 4) is 11.5 Å². The molecular weight excluding hydrogens is 258 g/mol. The molecule has 1 aliphatic rings. The highest BCUT2D eigenvalue weighted by Gasteiger charge is 2.31. The lowest BCUT2D eigenvalue weighted by molar-refractivity contribution is 0.122. The third-order valence-corrected chi connectivity index (χ3v) is 3.10. The van der Waals surface area contributed by atoms with Gasteiger partial charge in [0.05, 0.1) is 26.4 Å². The molecule has 0 aliphatic carbocycles. The largest absolute Gasteiger partial charge is 0.491 e. The van der Waals surface area contributed by atoms with E-state index in [2.05, 4.69) is 9.88 Å². The van der Waals surface area contributed by atoms with Gasteiger partial charge in [-0.05, 0) is 26.0 Å². The number of diazo groups is 1. The van der Waals surface area contributed by atoms with Crippen molar-refractivity contribution in [1.82, 2.24) is 0 Å². The maximum atomic E-state index is 9.38. The van der Waals surface area contributed by atoms with Gasteiger partial charge in [-0.15, -0.1) is 0 Å². The molecule has 20 heavy (non-hydrogen) atoms. The number of nitrogens with zero attached hydrogens (tertiary/aromatic N) is 3. The van der Waals surface area contributed by atoms with E-state index in [9.17, 15) is 5.39 Å². The lowest BCUT2D eigenvalue weighted by atomic mass is 10.2. The molecule has 6 heteroatoms. The van der Waals surface area contributed by atoms with E-state index in [1.54, 1.807) is 6.07 Å². The quantitative estimate of drug-likeness (QED) is 0.775. The van der Waals surface area contributed by atoms with E-state index in [-0.39, 0.29) is 0 Å². The highest BCUT2D eigenvalue weighted by molar-refractivity contribution is 5.82. The highest BCUT2D eigenvalue weighted by atomic mass is 16.5. The van der Waals surface area contributed by atoms with Gasteiger partial charge in [0.15, 0.2) is 16.4 Å². The minimum Gasteiger partial charge on any atom is -0.491 e. The second-order valence-electron chi connectivity index (χ2n) is 4.32. The zero-order chi connectivity index (χ0) is 14.4. The Morgan fingerprint density at radius 3 is 2.35 bits per heavy atom. The molecule has 0 aromatic heterocycles. The van der Waals surface area contributed by atoms with E-state index in [1.165, 1.54) is 0 Å². The smallest absolute Gasteiger partial charge is 0.453 e. The van der Waals surface area contributed by atoms with Crippen molar-refractivity contribution in [1.29, 1.82) is 5.39 Å². The molecule has 1 aromatic carbocycles. The molecular formula is C14H20N3O3+. The van der Waals surface area contributed by atoms with Crippen LogP contribution in [0.5, 0.6) is 11.5 Å². The first kappa shape index (κ1) is 14.4. The average molecular weight is 278 g/mol. The Balaban J connectivity index is 2.46. The molecule has 0 saturated carbocycles. The van der Waals surface area contributed by atoms with Crippen molar-refractivity contribution in [3.63, 3.8) is 0 Å². The number of rotatable bonds is 5. The fourth-order valence-electron chi connectivity index (χ4n) is 2.28. The summed E-state index contributed by atoms with van der Waals surface area (Å²) in [5.74, 6) is 1.26. The number of anilines is 1. The van der Waals surface area contributed by atoms with Crippen LogP contribution in [0.4, 0.5) is 11.4 Å². The van der Waals surface area contributed by atoms with Crippen LogP contribution in [0.25, 0.3) is 4.98 Å². The third kappa shape index (κ3) is 2.94. The maximum Gasteiger partial charge on any atom is 0.453 e. The Morgan fingerprint density at radius 1 is 1.15 bits per heavy atom. The first-order valence-corrected chi connectivity index (χ1v) is 6.92. The van der Waals surface area contributed by atoms with E-state index >= 15 is 0 Å². The molecule has 6 nitrogen and oxygen atoms in total. The van der Waals surface area contributed by atoms with E-state index in [0.29, 0.717) is 43.6 Å². The minimum absolute atomic E-state index is 0.416. The summed E-state index contributed by atoms with van der Waals surface area (Å²) in [7, 11) is 0. The highest BCUT2D eigenvalue weighted by Crippen LogP contribution is 2.45. The first-order chi connectivity index (χ1) is 9.81. The predicted octanol–water partition coefficient (Wildman–Crippen LogP) is 2.81. The fourth-order valence-corrected chi connectivity index (χ4v) is 2.28. The van der Waals surface area contributed by atoms with Gasteiger partial charge in [0.2, 0.25) is 11.1 Å². The van der Waals surface area contributed by atoms with Crippen molar-refractivity contribution < 1.29 is 14.2 Å². The van der Waals surface area contributed by atoms with Crippen molar-refractivity contribution >= 4 is 11.4 Å². The molecule has 108 valence electrons. The summed E-state index contributed by atoms with van der Waals surface area (Å²) < 4.78 is 16.5. The summed E-state index contributed by atoms with van der Waals surface area (Å²) in [5.41, 5.74) is 1.18. The van der Waals surface area contributed by atoms with Crippen LogP contribution in [0.2, 0.25) is 0 Å². The number of hydrogen-bond acceptors (Lipinski definition) is 5. The number of benzene rings is 1. The standard InChI is InChI=1S/C14H20N3O3/c1-3-19-11-5-6-12(20-4-2)14(13(11)16-15)17-7-9-18-10-8-17/h5-6H,3-4,7-10H2,1-2H3/q+1. The molecule has 0 spiro atoms. The molecule has 2 rings (SSSR count). The molecule has 0 radical (unpaired) electrons. The maximum absolute atomic E-state index is 9.38. The molecule has 1 fully saturated rings. The van der Waals surface area contributed by atoms with Gasteiger partial charge in [-0.2, -0.15) is 0 Å². The van der Waals surface area contributed by atoms with Gasteiger partial charge in [-0.3, -0.25) is 0 Å². The molecule has 1 aliphatic heterocycles. The molecule has 0 bridgehead atoms. The number of ether oxygens (including phenoxy) is 3. The van der Waals surface area contributed by atoms with Crippen LogP contribution >= 0.6 is 0 Å².